The summed E-state index contributed by atoms with van der Waals surface area (Å²) < 4.78 is 0. The van der Waals surface area contributed by atoms with E-state index in [-0.39, 0.29) is 0 Å². The lowest BCUT2D eigenvalue weighted by molar-refractivity contribution is 0.482. The van der Waals surface area contributed by atoms with Gasteiger partial charge in [0.15, 0.2) is 0 Å². The van der Waals surface area contributed by atoms with Crippen molar-refractivity contribution in [3.05, 3.63) is 40.7 Å². The summed E-state index contributed by atoms with van der Waals surface area (Å²) in [6.45, 7) is 9.19. The van der Waals surface area contributed by atoms with Gasteiger partial charge in [0.1, 0.15) is 5.82 Å². The van der Waals surface area contributed by atoms with E-state index in [1.54, 1.807) is 6.20 Å². The number of rotatable bonds is 2. The van der Waals surface area contributed by atoms with Crippen molar-refractivity contribution < 1.29 is 0 Å². The number of hydrogen-bond donors (Lipinski definition) is 1. The summed E-state index contributed by atoms with van der Waals surface area (Å²) in [6.07, 6.45) is 3.62. The zero-order valence-electron chi connectivity index (χ0n) is 13.2. The first-order chi connectivity index (χ1) is 10.5. The van der Waals surface area contributed by atoms with Gasteiger partial charge >= 0.3 is 0 Å². The van der Waals surface area contributed by atoms with Gasteiger partial charge in [-0.1, -0.05) is 17.7 Å². The Kier molecular flexibility index (Phi) is 4.32. The predicted octanol–water partition coefficient (Wildman–Crippen LogP) is 3.21. The minimum absolute atomic E-state index is 0.467. The van der Waals surface area contributed by atoms with Crippen LogP contribution in [0.2, 0.25) is 5.02 Å². The zero-order chi connectivity index (χ0) is 15.7. The molecule has 0 unspecified atom stereocenters. The van der Waals surface area contributed by atoms with Gasteiger partial charge in [0.05, 0.1) is 10.7 Å². The molecule has 22 heavy (non-hydrogen) atoms. The summed E-state index contributed by atoms with van der Waals surface area (Å²) in [5.74, 6) is 0.967. The van der Waals surface area contributed by atoms with Crippen molar-refractivity contribution in [2.24, 2.45) is 0 Å². The molecule has 0 bridgehead atoms. The van der Waals surface area contributed by atoms with Crippen molar-refractivity contribution in [3.63, 3.8) is 0 Å². The molecule has 5 heteroatoms. The number of nitrogens with one attached hydrogen (secondary N) is 1. The second kappa shape index (κ2) is 6.23. The van der Waals surface area contributed by atoms with Crippen molar-refractivity contribution >= 4 is 17.4 Å². The molecule has 0 aliphatic carbocycles. The lowest BCUT2D eigenvalue weighted by atomic mass is 10.1. The van der Waals surface area contributed by atoms with Gasteiger partial charge in [0, 0.05) is 43.6 Å². The molecule has 4 nitrogen and oxygen atoms in total. The number of anilines is 1. The number of aromatic nitrogens is 2. The molecule has 0 radical (unpaired) electrons. The SMILES string of the molecule is Cc1cnc(-c2cc(N3CCN[C@H](C)C3)ncc2Cl)c(C)c1. The number of nitrogens with zero attached hydrogens (tertiary/aromatic N) is 3. The predicted molar refractivity (Wildman–Crippen MR) is 91.6 cm³/mol. The Morgan fingerprint density at radius 2 is 2.05 bits per heavy atom. The molecule has 1 fully saturated rings. The average Bonchev–Trinajstić information content (AvgIpc) is 2.48. The molecule has 3 heterocycles. The molecule has 1 aliphatic heterocycles. The number of halogens is 1. The Hall–Kier alpha value is -1.65. The number of aryl methyl sites for hydroxylation is 2. The highest BCUT2D eigenvalue weighted by atomic mass is 35.5. The van der Waals surface area contributed by atoms with Gasteiger partial charge in [-0.15, -0.1) is 0 Å². The summed E-state index contributed by atoms with van der Waals surface area (Å²) in [7, 11) is 0. The van der Waals surface area contributed by atoms with Gasteiger partial charge in [-0.05, 0) is 38.0 Å². The van der Waals surface area contributed by atoms with Crippen molar-refractivity contribution in [1.29, 1.82) is 0 Å². The van der Waals surface area contributed by atoms with E-state index in [1.807, 2.05) is 13.1 Å². The highest BCUT2D eigenvalue weighted by Gasteiger charge is 2.19. The van der Waals surface area contributed by atoms with Crippen LogP contribution in [0.4, 0.5) is 5.82 Å². The molecule has 1 saturated heterocycles. The molecule has 3 rings (SSSR count). The third-order valence-electron chi connectivity index (χ3n) is 4.00. The van der Waals surface area contributed by atoms with Gasteiger partial charge in [-0.2, -0.15) is 0 Å². The van der Waals surface area contributed by atoms with Crippen LogP contribution in [0, 0.1) is 13.8 Å². The van der Waals surface area contributed by atoms with Crippen LogP contribution in [0.25, 0.3) is 11.3 Å². The van der Waals surface area contributed by atoms with Gasteiger partial charge in [-0.25, -0.2) is 4.98 Å². The number of hydrogen-bond acceptors (Lipinski definition) is 4. The Labute approximate surface area is 136 Å². The van der Waals surface area contributed by atoms with Crippen LogP contribution in [-0.4, -0.2) is 35.6 Å². The second-order valence-electron chi connectivity index (χ2n) is 6.00. The van der Waals surface area contributed by atoms with Crippen LogP contribution in [0.3, 0.4) is 0 Å². The molecule has 0 amide bonds. The van der Waals surface area contributed by atoms with Crippen LogP contribution < -0.4 is 10.2 Å². The lowest BCUT2D eigenvalue weighted by Crippen LogP contribution is -2.49. The maximum atomic E-state index is 6.38. The molecule has 0 saturated carbocycles. The van der Waals surface area contributed by atoms with Crippen LogP contribution in [0.5, 0.6) is 0 Å². The van der Waals surface area contributed by atoms with E-state index >= 15 is 0 Å². The van der Waals surface area contributed by atoms with Gasteiger partial charge in [0.2, 0.25) is 0 Å². The summed E-state index contributed by atoms with van der Waals surface area (Å²) in [5.41, 5.74) is 4.17. The Morgan fingerprint density at radius 1 is 1.23 bits per heavy atom. The summed E-state index contributed by atoms with van der Waals surface area (Å²) in [4.78, 5) is 11.4. The third kappa shape index (κ3) is 3.08. The lowest BCUT2D eigenvalue weighted by Gasteiger charge is -2.33. The van der Waals surface area contributed by atoms with Crippen molar-refractivity contribution in [2.45, 2.75) is 26.8 Å². The fourth-order valence-electron chi connectivity index (χ4n) is 2.92. The topological polar surface area (TPSA) is 41.1 Å². The highest BCUT2D eigenvalue weighted by molar-refractivity contribution is 6.33. The standard InChI is InChI=1S/C17H21ClN4/c1-11-6-12(2)17(21-8-11)14-7-16(20-9-15(14)18)22-5-4-19-13(3)10-22/h6-9,13,19H,4-5,10H2,1-3H3/t13-/m1/s1. The van der Waals surface area contributed by atoms with E-state index in [9.17, 15) is 0 Å². The molecular formula is C17H21ClN4. The fraction of sp³-hybridized carbons (Fsp3) is 0.412. The molecule has 1 atom stereocenters. The Balaban J connectivity index is 1.99. The zero-order valence-corrected chi connectivity index (χ0v) is 14.0. The van der Waals surface area contributed by atoms with E-state index < -0.39 is 0 Å². The molecule has 116 valence electrons. The first-order valence-electron chi connectivity index (χ1n) is 7.62. The van der Waals surface area contributed by atoms with Crippen molar-refractivity contribution in [1.82, 2.24) is 15.3 Å². The molecule has 1 N–H and O–H groups in total. The van der Waals surface area contributed by atoms with Crippen LogP contribution in [0.1, 0.15) is 18.1 Å². The minimum Gasteiger partial charge on any atom is -0.354 e. The second-order valence-corrected chi connectivity index (χ2v) is 6.41. The van der Waals surface area contributed by atoms with Crippen molar-refractivity contribution in [3.8, 4) is 11.3 Å². The van der Waals surface area contributed by atoms with Crippen molar-refractivity contribution in [2.75, 3.05) is 24.5 Å². The maximum absolute atomic E-state index is 6.38. The quantitative estimate of drug-likeness (QED) is 0.923. The molecule has 1 aliphatic rings. The van der Waals surface area contributed by atoms with Gasteiger partial charge < -0.3 is 10.2 Å². The molecule has 0 aromatic carbocycles. The van der Waals surface area contributed by atoms with E-state index in [0.29, 0.717) is 11.1 Å². The maximum Gasteiger partial charge on any atom is 0.129 e. The van der Waals surface area contributed by atoms with E-state index in [2.05, 4.69) is 46.2 Å². The molecule has 2 aromatic heterocycles. The minimum atomic E-state index is 0.467. The largest absolute Gasteiger partial charge is 0.354 e. The smallest absolute Gasteiger partial charge is 0.129 e. The summed E-state index contributed by atoms with van der Waals surface area (Å²) in [6, 6.07) is 4.66. The number of pyridine rings is 2. The normalized spacial score (nSPS) is 18.5. The van der Waals surface area contributed by atoms with E-state index in [4.69, 9.17) is 11.6 Å². The monoisotopic (exact) mass is 316 g/mol. The van der Waals surface area contributed by atoms with Crippen LogP contribution in [0.15, 0.2) is 24.5 Å². The first-order valence-corrected chi connectivity index (χ1v) is 8.00. The molecule has 0 spiro atoms. The fourth-order valence-corrected chi connectivity index (χ4v) is 3.11. The number of piperazine rings is 1. The third-order valence-corrected chi connectivity index (χ3v) is 4.30. The van der Waals surface area contributed by atoms with E-state index in [1.165, 1.54) is 0 Å². The Morgan fingerprint density at radius 3 is 2.77 bits per heavy atom. The highest BCUT2D eigenvalue weighted by Crippen LogP contribution is 2.31. The van der Waals surface area contributed by atoms with Crippen LogP contribution >= 0.6 is 11.6 Å². The average molecular weight is 317 g/mol. The van der Waals surface area contributed by atoms with E-state index in [0.717, 1.165) is 47.8 Å². The first kappa shape index (κ1) is 15.3. The van der Waals surface area contributed by atoms with Gasteiger partial charge in [-0.3, -0.25) is 4.98 Å². The van der Waals surface area contributed by atoms with Gasteiger partial charge in [0.25, 0.3) is 0 Å². The Bertz CT molecular complexity index is 686. The van der Waals surface area contributed by atoms with Crippen LogP contribution in [-0.2, 0) is 0 Å². The molecular weight excluding hydrogens is 296 g/mol. The summed E-state index contributed by atoms with van der Waals surface area (Å²) >= 11 is 6.38. The molecule has 2 aromatic rings. The summed E-state index contributed by atoms with van der Waals surface area (Å²) in [5, 5.41) is 4.09.